The summed E-state index contributed by atoms with van der Waals surface area (Å²) in [7, 11) is -13.8. The smallest absolute Gasteiger partial charge is 0.333 e. The Morgan fingerprint density at radius 2 is 1.00 bits per heavy atom. The topological polar surface area (TPSA) is 135 Å². The van der Waals surface area contributed by atoms with Crippen LogP contribution in [0.3, 0.4) is 0 Å². The molecule has 0 aromatic rings. The molecule has 0 heterocycles. The highest BCUT2D eigenvalue weighted by atomic mass is 32.1. The summed E-state index contributed by atoms with van der Waals surface area (Å²) in [5.74, 6) is -0.653. The van der Waals surface area contributed by atoms with Crippen molar-refractivity contribution in [2.45, 2.75) is 156 Å². The van der Waals surface area contributed by atoms with Crippen molar-refractivity contribution in [2.75, 3.05) is 39.5 Å². The van der Waals surface area contributed by atoms with E-state index in [9.17, 15) is 9.59 Å². The van der Waals surface area contributed by atoms with E-state index < -0.39 is 56.8 Å². The number of hydrogen-bond acceptors (Lipinski definition) is 10. The molecular weight excluding hydrogens is 807 g/mol. The molecule has 0 rings (SSSR count). The Labute approximate surface area is 341 Å². The number of amides is 1. The van der Waals surface area contributed by atoms with Gasteiger partial charge in [0, 0.05) is 38.4 Å². The Morgan fingerprint density at radius 1 is 0.593 bits per heavy atom. The van der Waals surface area contributed by atoms with Crippen LogP contribution in [0.15, 0.2) is 12.2 Å². The molecule has 0 fully saturated rings. The molecule has 0 radical (unpaired) electrons. The van der Waals surface area contributed by atoms with Crippen LogP contribution in [0.2, 0.25) is 88.6 Å². The molecule has 318 valence electrons. The fraction of sp³-hybridized carbons (Fsp3) is 0.857. The highest BCUT2D eigenvalue weighted by Crippen LogP contribution is 2.31. The zero-order valence-electron chi connectivity index (χ0n) is 36.6. The lowest BCUT2D eigenvalue weighted by Crippen LogP contribution is -2.56. The molecule has 0 aliphatic carbocycles. The molecule has 12 nitrogen and oxygen atoms in total. The molecule has 0 aliphatic heterocycles. The maximum absolute atomic E-state index is 12.3. The maximum atomic E-state index is 12.3. The van der Waals surface area contributed by atoms with E-state index in [0.717, 1.165) is 55.7 Å². The number of thiocarbonyl (C=S) groups is 1. The SMILES string of the molecule is C=C(C)C(=O)OCCC(=O)NCCC[Si](C)(OCC)O[Si](C)(CCCNC(=S)NCCC[Si](C)(O[Si](C)(C)CC)O[Si](C)(CC)OCC)O[Si](C)(C)CC. The summed E-state index contributed by atoms with van der Waals surface area (Å²) in [6, 6.07) is 5.35. The fourth-order valence-corrected chi connectivity index (χ4v) is 32.0. The first kappa shape index (κ1) is 53.4. The van der Waals surface area contributed by atoms with E-state index in [4.69, 9.17) is 42.3 Å². The van der Waals surface area contributed by atoms with Crippen molar-refractivity contribution in [1.29, 1.82) is 0 Å². The molecule has 0 aromatic heterocycles. The first-order valence-electron chi connectivity index (χ1n) is 20.1. The van der Waals surface area contributed by atoms with Crippen molar-refractivity contribution in [1.82, 2.24) is 16.0 Å². The van der Waals surface area contributed by atoms with E-state index in [2.05, 4.69) is 95.7 Å². The molecule has 54 heavy (non-hydrogen) atoms. The zero-order valence-corrected chi connectivity index (χ0v) is 43.4. The summed E-state index contributed by atoms with van der Waals surface area (Å²) >= 11 is 5.67. The molecule has 4 atom stereocenters. The van der Waals surface area contributed by atoms with E-state index in [1.54, 1.807) is 6.92 Å². The number of hydrogen-bond donors (Lipinski definition) is 3. The van der Waals surface area contributed by atoms with Gasteiger partial charge in [0.2, 0.25) is 5.91 Å². The van der Waals surface area contributed by atoms with Crippen LogP contribution in [-0.2, 0) is 39.6 Å². The lowest BCUT2D eigenvalue weighted by Gasteiger charge is -2.41. The predicted molar refractivity (Wildman–Crippen MR) is 241 cm³/mol. The standard InChI is InChI=1S/C35H79N3O9SSi6/c1-16-42-51(12,20-5)46-53(14,44-49(8,9)18-3)30-22-26-37-35(48)38-27-23-31-54(15,45-50(10,11)19-4)47-52(13,43-17-2)29-21-25-36-33(39)24-28-41-34(40)32(6)7/h6,16-31H2,1-5,7-15H3,(H,36,39)(H2,37,38,48). The highest BCUT2D eigenvalue weighted by molar-refractivity contribution is 7.80. The van der Waals surface area contributed by atoms with E-state index in [1.807, 2.05) is 13.8 Å². The molecule has 3 N–H and O–H groups in total. The van der Waals surface area contributed by atoms with Gasteiger partial charge in [-0.2, -0.15) is 0 Å². The van der Waals surface area contributed by atoms with Gasteiger partial charge >= 0.3 is 40.2 Å². The summed E-state index contributed by atoms with van der Waals surface area (Å²) in [4.78, 5) is 23.8. The Balaban J connectivity index is 5.23. The van der Waals surface area contributed by atoms with Crippen LogP contribution in [0.5, 0.6) is 0 Å². The molecule has 1 amide bonds. The minimum Gasteiger partial charge on any atom is -0.462 e. The van der Waals surface area contributed by atoms with Crippen LogP contribution in [0.4, 0.5) is 0 Å². The van der Waals surface area contributed by atoms with E-state index in [0.29, 0.717) is 43.4 Å². The van der Waals surface area contributed by atoms with E-state index in [1.165, 1.54) is 0 Å². The molecule has 0 bridgehead atoms. The number of esters is 1. The van der Waals surface area contributed by atoms with Crippen molar-refractivity contribution >= 4 is 80.1 Å². The Hall–Kier alpha value is -0.569. The van der Waals surface area contributed by atoms with Crippen LogP contribution in [-0.4, -0.2) is 107 Å². The molecule has 19 heteroatoms. The summed E-state index contributed by atoms with van der Waals surface area (Å²) in [5.41, 5.74) is 0.313. The summed E-state index contributed by atoms with van der Waals surface area (Å²) in [6.07, 6.45) is 2.57. The summed E-state index contributed by atoms with van der Waals surface area (Å²) < 4.78 is 45.3. The Kier molecular flexibility index (Phi) is 25.4. The predicted octanol–water partition coefficient (Wildman–Crippen LogP) is 8.14. The second kappa shape index (κ2) is 25.7. The van der Waals surface area contributed by atoms with Crippen LogP contribution < -0.4 is 16.0 Å². The highest BCUT2D eigenvalue weighted by Gasteiger charge is 2.46. The van der Waals surface area contributed by atoms with Gasteiger partial charge in [0.05, 0.1) is 6.42 Å². The quantitative estimate of drug-likeness (QED) is 0.0204. The van der Waals surface area contributed by atoms with E-state index >= 15 is 0 Å². The van der Waals surface area contributed by atoms with Gasteiger partial charge in [-0.1, -0.05) is 27.4 Å². The second-order valence-electron chi connectivity index (χ2n) is 15.9. The van der Waals surface area contributed by atoms with Gasteiger partial charge in [-0.3, -0.25) is 4.79 Å². The average Bonchev–Trinajstić information content (AvgIpc) is 3.06. The van der Waals surface area contributed by atoms with Crippen LogP contribution in [0.1, 0.15) is 67.2 Å². The van der Waals surface area contributed by atoms with Gasteiger partial charge in [0.15, 0.2) is 21.7 Å². The summed E-state index contributed by atoms with van der Waals surface area (Å²) in [6.45, 7) is 36.6. The first-order chi connectivity index (χ1) is 25.0. The number of ether oxygens (including phenoxy) is 1. The van der Waals surface area contributed by atoms with Crippen molar-refractivity contribution < 1.29 is 39.6 Å². The van der Waals surface area contributed by atoms with Gasteiger partial charge in [0.1, 0.15) is 6.61 Å². The average molecular weight is 887 g/mol. The zero-order chi connectivity index (χ0) is 41.7. The molecule has 4 unspecified atom stereocenters. The van der Waals surface area contributed by atoms with Crippen LogP contribution in [0, 0.1) is 0 Å². The van der Waals surface area contributed by atoms with Crippen LogP contribution in [0.25, 0.3) is 0 Å². The number of rotatable bonds is 31. The molecule has 0 saturated heterocycles. The third kappa shape index (κ3) is 23.6. The maximum Gasteiger partial charge on any atom is 0.333 e. The Bertz CT molecular complexity index is 1160. The fourth-order valence-electron chi connectivity index (χ4n) is 5.81. The second-order valence-corrected chi connectivity index (χ2v) is 39.9. The van der Waals surface area contributed by atoms with Gasteiger partial charge in [-0.15, -0.1) is 0 Å². The first-order valence-corrected chi connectivity index (χ1v) is 36.9. The lowest BCUT2D eigenvalue weighted by molar-refractivity contribution is -0.139. The van der Waals surface area contributed by atoms with Crippen molar-refractivity contribution in [2.24, 2.45) is 0 Å². The molecule has 0 aliphatic rings. The van der Waals surface area contributed by atoms with Crippen molar-refractivity contribution in [3.8, 4) is 0 Å². The molecule has 0 aromatic carbocycles. The minimum atomic E-state index is -2.65. The van der Waals surface area contributed by atoms with Gasteiger partial charge < -0.3 is 46.0 Å². The third-order valence-electron chi connectivity index (χ3n) is 9.32. The Morgan fingerprint density at radius 3 is 1.41 bits per heavy atom. The lowest BCUT2D eigenvalue weighted by atomic mass is 10.3. The number of carbonyl (C=O) groups is 2. The number of nitrogens with one attached hydrogen (secondary N) is 3. The van der Waals surface area contributed by atoms with Gasteiger partial charge in [-0.25, -0.2) is 4.79 Å². The van der Waals surface area contributed by atoms with E-state index in [-0.39, 0.29) is 18.9 Å². The van der Waals surface area contributed by atoms with Crippen molar-refractivity contribution in [3.05, 3.63) is 12.2 Å². The normalized spacial score (nSPS) is 16.6. The monoisotopic (exact) mass is 885 g/mol. The largest absolute Gasteiger partial charge is 0.462 e. The van der Waals surface area contributed by atoms with Gasteiger partial charge in [0.25, 0.3) is 0 Å². The number of carbonyl (C=O) groups excluding carboxylic acids is 2. The molecular formula is C35H79N3O9SSi6. The molecule has 0 spiro atoms. The molecule has 0 saturated carbocycles. The third-order valence-corrected chi connectivity index (χ3v) is 34.7. The summed E-state index contributed by atoms with van der Waals surface area (Å²) in [5, 5.41) is 10.4. The van der Waals surface area contributed by atoms with Crippen molar-refractivity contribution in [3.63, 3.8) is 0 Å². The van der Waals surface area contributed by atoms with Gasteiger partial charge in [-0.05, 0) is 141 Å². The minimum absolute atomic E-state index is 0.0277. The van der Waals surface area contributed by atoms with Crippen LogP contribution >= 0.6 is 12.2 Å².